The summed E-state index contributed by atoms with van der Waals surface area (Å²) in [6.07, 6.45) is 2.01. The molecule has 2 amide bonds. The second kappa shape index (κ2) is 12.4. The van der Waals surface area contributed by atoms with E-state index in [1.807, 2.05) is 45.0 Å². The van der Waals surface area contributed by atoms with Crippen LogP contribution in [0.4, 0.5) is 10.1 Å². The number of carbonyl (C=O) groups excluding carboxylic acids is 2. The number of nitrogens with zero attached hydrogens (tertiary/aromatic N) is 2. The molecule has 0 aromatic heterocycles. The van der Waals surface area contributed by atoms with Crippen LogP contribution in [-0.4, -0.2) is 50.0 Å². The van der Waals surface area contributed by atoms with E-state index in [1.54, 1.807) is 6.92 Å². The molecule has 0 aliphatic carbocycles. The predicted octanol–water partition coefficient (Wildman–Crippen LogP) is 4.28. The molecule has 0 aliphatic rings. The Hall–Kier alpha value is -2.65. The van der Waals surface area contributed by atoms with E-state index in [9.17, 15) is 22.4 Å². The Morgan fingerprint density at radius 1 is 1.09 bits per heavy atom. The second-order valence-electron chi connectivity index (χ2n) is 8.62. The van der Waals surface area contributed by atoms with Gasteiger partial charge in [-0.15, -0.1) is 0 Å². The maximum absolute atomic E-state index is 13.7. The Morgan fingerprint density at radius 2 is 1.71 bits per heavy atom. The van der Waals surface area contributed by atoms with Crippen molar-refractivity contribution in [2.45, 2.75) is 59.2 Å². The van der Waals surface area contributed by atoms with Gasteiger partial charge in [-0.2, -0.15) is 0 Å². The van der Waals surface area contributed by atoms with Crippen molar-refractivity contribution in [1.29, 1.82) is 0 Å². The Kier molecular flexibility index (Phi) is 10.1. The van der Waals surface area contributed by atoms with Crippen molar-refractivity contribution in [1.82, 2.24) is 10.2 Å². The zero-order chi connectivity index (χ0) is 26.3. The van der Waals surface area contributed by atoms with Crippen LogP contribution >= 0.6 is 11.6 Å². The molecular formula is C25H33ClFN3O4S. The minimum absolute atomic E-state index is 0.0552. The van der Waals surface area contributed by atoms with Gasteiger partial charge >= 0.3 is 0 Å². The zero-order valence-electron chi connectivity index (χ0n) is 20.7. The zero-order valence-corrected chi connectivity index (χ0v) is 22.3. The summed E-state index contributed by atoms with van der Waals surface area (Å²) in [4.78, 5) is 28.1. The van der Waals surface area contributed by atoms with Crippen LogP contribution < -0.4 is 9.62 Å². The van der Waals surface area contributed by atoms with E-state index in [2.05, 4.69) is 5.32 Å². The molecule has 35 heavy (non-hydrogen) atoms. The molecule has 0 saturated carbocycles. The molecule has 0 saturated heterocycles. The Balaban J connectivity index is 2.45. The van der Waals surface area contributed by atoms with E-state index in [0.29, 0.717) is 6.42 Å². The summed E-state index contributed by atoms with van der Waals surface area (Å²) in [5.74, 6) is -1.58. The van der Waals surface area contributed by atoms with Gasteiger partial charge in [0.1, 0.15) is 18.4 Å². The topological polar surface area (TPSA) is 86.8 Å². The van der Waals surface area contributed by atoms with Gasteiger partial charge in [0.2, 0.25) is 21.8 Å². The average molecular weight is 526 g/mol. The summed E-state index contributed by atoms with van der Waals surface area (Å²) in [6, 6.07) is 10.1. The maximum atomic E-state index is 13.7. The first-order chi connectivity index (χ1) is 16.4. The molecule has 0 heterocycles. The summed E-state index contributed by atoms with van der Waals surface area (Å²) >= 11 is 5.86. The fourth-order valence-corrected chi connectivity index (χ4v) is 4.52. The number of carbonyl (C=O) groups is 2. The summed E-state index contributed by atoms with van der Waals surface area (Å²) in [5, 5.41) is 2.65. The van der Waals surface area contributed by atoms with E-state index in [1.165, 1.54) is 11.0 Å². The molecule has 2 aromatic carbocycles. The van der Waals surface area contributed by atoms with Gasteiger partial charge in [-0.25, -0.2) is 12.8 Å². The van der Waals surface area contributed by atoms with Crippen molar-refractivity contribution in [2.75, 3.05) is 17.1 Å². The molecule has 2 unspecified atom stereocenters. The van der Waals surface area contributed by atoms with Gasteiger partial charge in [-0.1, -0.05) is 55.3 Å². The summed E-state index contributed by atoms with van der Waals surface area (Å²) < 4.78 is 39.7. The smallest absolute Gasteiger partial charge is 0.244 e. The van der Waals surface area contributed by atoms with Crippen molar-refractivity contribution < 1.29 is 22.4 Å². The second-order valence-corrected chi connectivity index (χ2v) is 10.9. The van der Waals surface area contributed by atoms with E-state index in [0.717, 1.165) is 40.2 Å². The van der Waals surface area contributed by atoms with Crippen LogP contribution in [-0.2, 0) is 26.2 Å². The quantitative estimate of drug-likeness (QED) is 0.474. The molecule has 2 atom stereocenters. The van der Waals surface area contributed by atoms with Gasteiger partial charge in [-0.3, -0.25) is 13.9 Å². The van der Waals surface area contributed by atoms with Gasteiger partial charge in [0.05, 0.1) is 17.0 Å². The summed E-state index contributed by atoms with van der Waals surface area (Å²) in [5.41, 5.74) is 1.90. The normalized spacial score (nSPS) is 13.1. The number of aryl methyl sites for hydroxylation is 1. The molecule has 0 fully saturated rings. The third kappa shape index (κ3) is 7.93. The van der Waals surface area contributed by atoms with Crippen LogP contribution in [0.15, 0.2) is 42.5 Å². The van der Waals surface area contributed by atoms with Gasteiger partial charge in [0, 0.05) is 12.6 Å². The highest BCUT2D eigenvalue weighted by Gasteiger charge is 2.32. The Labute approximate surface area is 212 Å². The van der Waals surface area contributed by atoms with Crippen LogP contribution in [0.3, 0.4) is 0 Å². The standard InChI is InChI=1S/C25H33ClFN3O4S/c1-6-18(4)28-25(32)23(7-2)29(15-19-10-8-17(3)9-11-19)24(31)16-30(35(5,33)34)20-12-13-22(27)21(26)14-20/h8-14,18,23H,6-7,15-16H2,1-5H3,(H,28,32). The lowest BCUT2D eigenvalue weighted by Crippen LogP contribution is -2.53. The van der Waals surface area contributed by atoms with Crippen molar-refractivity contribution in [3.8, 4) is 0 Å². The van der Waals surface area contributed by atoms with Gasteiger partial charge < -0.3 is 10.2 Å². The highest BCUT2D eigenvalue weighted by Crippen LogP contribution is 2.25. The van der Waals surface area contributed by atoms with Gasteiger partial charge in [0.25, 0.3) is 0 Å². The minimum atomic E-state index is -3.93. The fourth-order valence-electron chi connectivity index (χ4n) is 3.50. The lowest BCUT2D eigenvalue weighted by atomic mass is 10.1. The van der Waals surface area contributed by atoms with Crippen LogP contribution in [0.5, 0.6) is 0 Å². The van der Waals surface area contributed by atoms with E-state index < -0.39 is 34.3 Å². The molecule has 7 nitrogen and oxygen atoms in total. The van der Waals surface area contributed by atoms with E-state index >= 15 is 0 Å². The van der Waals surface area contributed by atoms with Crippen molar-refractivity contribution in [3.63, 3.8) is 0 Å². The number of benzene rings is 2. The van der Waals surface area contributed by atoms with Gasteiger partial charge in [0.15, 0.2) is 0 Å². The SMILES string of the molecule is CCC(C)NC(=O)C(CC)N(Cc1ccc(C)cc1)C(=O)CN(c1ccc(F)c(Cl)c1)S(C)(=O)=O. The molecule has 2 rings (SSSR count). The number of sulfonamides is 1. The lowest BCUT2D eigenvalue weighted by Gasteiger charge is -2.33. The molecule has 0 spiro atoms. The lowest BCUT2D eigenvalue weighted by molar-refractivity contribution is -0.140. The number of nitrogens with one attached hydrogen (secondary N) is 1. The molecule has 0 aliphatic heterocycles. The fraction of sp³-hybridized carbons (Fsp3) is 0.440. The maximum Gasteiger partial charge on any atom is 0.244 e. The molecule has 10 heteroatoms. The number of anilines is 1. The number of hydrogen-bond donors (Lipinski definition) is 1. The van der Waals surface area contributed by atoms with Gasteiger partial charge in [-0.05, 0) is 50.5 Å². The summed E-state index contributed by atoms with van der Waals surface area (Å²) in [6.45, 7) is 7.11. The first kappa shape index (κ1) is 28.6. The van der Waals surface area contributed by atoms with Crippen LogP contribution in [0, 0.1) is 12.7 Å². The number of amides is 2. The molecule has 1 N–H and O–H groups in total. The minimum Gasteiger partial charge on any atom is -0.352 e. The van der Waals surface area contributed by atoms with Crippen molar-refractivity contribution in [2.24, 2.45) is 0 Å². The highest BCUT2D eigenvalue weighted by atomic mass is 35.5. The average Bonchev–Trinajstić information content (AvgIpc) is 2.79. The molecule has 2 aromatic rings. The molecule has 0 radical (unpaired) electrons. The van der Waals surface area contributed by atoms with Crippen molar-refractivity contribution >= 4 is 39.1 Å². The Morgan fingerprint density at radius 3 is 2.23 bits per heavy atom. The van der Waals surface area contributed by atoms with Crippen LogP contribution in [0.1, 0.15) is 44.7 Å². The van der Waals surface area contributed by atoms with Crippen LogP contribution in [0.25, 0.3) is 0 Å². The molecule has 0 bridgehead atoms. The molecular weight excluding hydrogens is 493 g/mol. The number of rotatable bonds is 11. The van der Waals surface area contributed by atoms with E-state index in [-0.39, 0.29) is 29.2 Å². The molecule has 192 valence electrons. The highest BCUT2D eigenvalue weighted by molar-refractivity contribution is 7.92. The van der Waals surface area contributed by atoms with Crippen molar-refractivity contribution in [3.05, 3.63) is 64.4 Å². The largest absolute Gasteiger partial charge is 0.352 e. The predicted molar refractivity (Wildman–Crippen MR) is 137 cm³/mol. The first-order valence-electron chi connectivity index (χ1n) is 11.5. The third-order valence-corrected chi connectivity index (χ3v) is 7.16. The van der Waals surface area contributed by atoms with E-state index in [4.69, 9.17) is 11.6 Å². The third-order valence-electron chi connectivity index (χ3n) is 5.73. The summed E-state index contributed by atoms with van der Waals surface area (Å²) in [7, 11) is -3.93. The number of halogens is 2. The Bertz CT molecular complexity index is 1140. The first-order valence-corrected chi connectivity index (χ1v) is 13.7. The van der Waals surface area contributed by atoms with Crippen LogP contribution in [0.2, 0.25) is 5.02 Å². The monoisotopic (exact) mass is 525 g/mol. The number of hydrogen-bond acceptors (Lipinski definition) is 4.